The molecule has 1 aromatic heterocycles. The van der Waals surface area contributed by atoms with Gasteiger partial charge in [-0.2, -0.15) is 0 Å². The first-order chi connectivity index (χ1) is 6.81. The molecule has 14 heavy (non-hydrogen) atoms. The fraction of sp³-hybridized carbons (Fsp3) is 0.167. The monoisotopic (exact) mass is 186 g/mol. The van der Waals surface area contributed by atoms with E-state index in [9.17, 15) is 0 Å². The predicted molar refractivity (Wildman–Crippen MR) is 60.2 cm³/mol. The number of rotatable bonds is 3. The molecule has 72 valence electrons. The second-order valence-corrected chi connectivity index (χ2v) is 3.49. The minimum absolute atomic E-state index is 0.555. The summed E-state index contributed by atoms with van der Waals surface area (Å²) >= 11 is 0. The van der Waals surface area contributed by atoms with Gasteiger partial charge in [0.25, 0.3) is 0 Å². The standard InChI is InChI=1S/C12H14N2/c1-9(7-13)6-10-8-14-12-5-3-2-4-11(10)12/h2-5,8,14H,1,6-7,13H2. The highest BCUT2D eigenvalue weighted by Gasteiger charge is 2.02. The molecular formula is C12H14N2. The van der Waals surface area contributed by atoms with Crippen molar-refractivity contribution in [3.05, 3.63) is 48.2 Å². The van der Waals surface area contributed by atoms with E-state index < -0.39 is 0 Å². The van der Waals surface area contributed by atoms with Crippen LogP contribution in [0.1, 0.15) is 5.56 Å². The summed E-state index contributed by atoms with van der Waals surface area (Å²) < 4.78 is 0. The van der Waals surface area contributed by atoms with Crippen LogP contribution in [-0.4, -0.2) is 11.5 Å². The molecule has 0 fully saturated rings. The highest BCUT2D eigenvalue weighted by Crippen LogP contribution is 2.19. The first-order valence-corrected chi connectivity index (χ1v) is 4.73. The van der Waals surface area contributed by atoms with Crippen molar-refractivity contribution in [3.8, 4) is 0 Å². The summed E-state index contributed by atoms with van der Waals surface area (Å²) in [5.74, 6) is 0. The first-order valence-electron chi connectivity index (χ1n) is 4.73. The minimum atomic E-state index is 0.555. The number of benzene rings is 1. The van der Waals surface area contributed by atoms with E-state index in [1.807, 2.05) is 18.3 Å². The molecule has 1 heterocycles. The molecule has 0 saturated heterocycles. The van der Waals surface area contributed by atoms with E-state index in [2.05, 4.69) is 23.7 Å². The van der Waals surface area contributed by atoms with Gasteiger partial charge in [0.05, 0.1) is 0 Å². The van der Waals surface area contributed by atoms with Crippen LogP contribution in [0.2, 0.25) is 0 Å². The molecule has 3 N–H and O–H groups in total. The number of H-pyrrole nitrogens is 1. The zero-order valence-corrected chi connectivity index (χ0v) is 8.09. The molecule has 2 nitrogen and oxygen atoms in total. The molecule has 2 heteroatoms. The highest BCUT2D eigenvalue weighted by molar-refractivity contribution is 5.83. The summed E-state index contributed by atoms with van der Waals surface area (Å²) in [6, 6.07) is 8.26. The third-order valence-corrected chi connectivity index (χ3v) is 2.40. The number of nitrogens with one attached hydrogen (secondary N) is 1. The zero-order chi connectivity index (χ0) is 9.97. The van der Waals surface area contributed by atoms with E-state index in [0.29, 0.717) is 6.54 Å². The molecule has 1 aromatic carbocycles. The Bertz CT molecular complexity index is 454. The van der Waals surface area contributed by atoms with E-state index in [0.717, 1.165) is 12.0 Å². The first kappa shape index (κ1) is 9.03. The Morgan fingerprint density at radius 1 is 1.36 bits per heavy atom. The number of aromatic amines is 1. The normalized spacial score (nSPS) is 10.6. The van der Waals surface area contributed by atoms with Crippen LogP contribution in [-0.2, 0) is 6.42 Å². The van der Waals surface area contributed by atoms with E-state index >= 15 is 0 Å². The molecule has 0 spiro atoms. The van der Waals surface area contributed by atoms with Crippen LogP contribution in [0.3, 0.4) is 0 Å². The maximum Gasteiger partial charge on any atom is 0.0456 e. The summed E-state index contributed by atoms with van der Waals surface area (Å²) in [5.41, 5.74) is 9.04. The second-order valence-electron chi connectivity index (χ2n) is 3.49. The molecule has 2 rings (SSSR count). The van der Waals surface area contributed by atoms with Gasteiger partial charge in [-0.05, 0) is 18.1 Å². The Balaban J connectivity index is 2.38. The van der Waals surface area contributed by atoms with Crippen LogP contribution < -0.4 is 5.73 Å². The van der Waals surface area contributed by atoms with Crippen LogP contribution in [0.15, 0.2) is 42.6 Å². The van der Waals surface area contributed by atoms with Crippen LogP contribution in [0.25, 0.3) is 10.9 Å². The lowest BCUT2D eigenvalue weighted by Crippen LogP contribution is -2.03. The fourth-order valence-electron chi connectivity index (χ4n) is 1.62. The van der Waals surface area contributed by atoms with Gasteiger partial charge in [0.2, 0.25) is 0 Å². The van der Waals surface area contributed by atoms with Crippen molar-refractivity contribution in [3.63, 3.8) is 0 Å². The van der Waals surface area contributed by atoms with Gasteiger partial charge in [-0.3, -0.25) is 0 Å². The average Bonchev–Trinajstić information content (AvgIpc) is 2.62. The lowest BCUT2D eigenvalue weighted by molar-refractivity contribution is 1.05. The van der Waals surface area contributed by atoms with Gasteiger partial charge in [0.1, 0.15) is 0 Å². The third-order valence-electron chi connectivity index (χ3n) is 2.40. The second kappa shape index (κ2) is 3.68. The molecule has 0 aliphatic rings. The van der Waals surface area contributed by atoms with Crippen molar-refractivity contribution >= 4 is 10.9 Å². The van der Waals surface area contributed by atoms with E-state index in [1.165, 1.54) is 16.5 Å². The van der Waals surface area contributed by atoms with Crippen molar-refractivity contribution < 1.29 is 0 Å². The van der Waals surface area contributed by atoms with Crippen molar-refractivity contribution in [2.24, 2.45) is 5.73 Å². The Morgan fingerprint density at radius 2 is 2.14 bits per heavy atom. The van der Waals surface area contributed by atoms with E-state index in [4.69, 9.17) is 5.73 Å². The summed E-state index contributed by atoms with van der Waals surface area (Å²) in [6.45, 7) is 4.47. The third kappa shape index (κ3) is 1.56. The summed E-state index contributed by atoms with van der Waals surface area (Å²) in [4.78, 5) is 3.24. The van der Waals surface area contributed by atoms with Gasteiger partial charge in [0, 0.05) is 23.6 Å². The Morgan fingerprint density at radius 3 is 2.93 bits per heavy atom. The van der Waals surface area contributed by atoms with Crippen LogP contribution in [0.5, 0.6) is 0 Å². The smallest absolute Gasteiger partial charge is 0.0456 e. The summed E-state index contributed by atoms with van der Waals surface area (Å²) in [6.07, 6.45) is 2.89. The molecular weight excluding hydrogens is 172 g/mol. The average molecular weight is 186 g/mol. The van der Waals surface area contributed by atoms with Gasteiger partial charge in [-0.15, -0.1) is 0 Å². The van der Waals surface area contributed by atoms with E-state index in [-0.39, 0.29) is 0 Å². The van der Waals surface area contributed by atoms with Crippen LogP contribution in [0, 0.1) is 0 Å². The van der Waals surface area contributed by atoms with Crippen LogP contribution in [0.4, 0.5) is 0 Å². The van der Waals surface area contributed by atoms with Crippen molar-refractivity contribution in [2.75, 3.05) is 6.54 Å². The Kier molecular flexibility index (Phi) is 2.37. The number of fused-ring (bicyclic) bond motifs is 1. The summed E-state index contributed by atoms with van der Waals surface area (Å²) in [7, 11) is 0. The molecule has 0 aliphatic heterocycles. The predicted octanol–water partition coefficient (Wildman–Crippen LogP) is 2.23. The van der Waals surface area contributed by atoms with Gasteiger partial charge < -0.3 is 10.7 Å². The number of nitrogens with two attached hydrogens (primary N) is 1. The largest absolute Gasteiger partial charge is 0.361 e. The minimum Gasteiger partial charge on any atom is -0.361 e. The van der Waals surface area contributed by atoms with Crippen molar-refractivity contribution in [1.29, 1.82) is 0 Å². The quantitative estimate of drug-likeness (QED) is 0.709. The fourth-order valence-corrected chi connectivity index (χ4v) is 1.62. The number of para-hydroxylation sites is 1. The molecule has 0 bridgehead atoms. The van der Waals surface area contributed by atoms with Crippen LogP contribution >= 0.6 is 0 Å². The van der Waals surface area contributed by atoms with E-state index in [1.54, 1.807) is 0 Å². The molecule has 0 unspecified atom stereocenters. The lowest BCUT2D eigenvalue weighted by atomic mass is 10.1. The molecule has 0 aliphatic carbocycles. The van der Waals surface area contributed by atoms with Crippen molar-refractivity contribution in [2.45, 2.75) is 6.42 Å². The summed E-state index contributed by atoms with van der Waals surface area (Å²) in [5, 5.41) is 1.27. The lowest BCUT2D eigenvalue weighted by Gasteiger charge is -2.00. The number of aromatic nitrogens is 1. The number of hydrogen-bond acceptors (Lipinski definition) is 1. The SMILES string of the molecule is C=C(CN)Cc1c[nH]c2ccccc12. The molecule has 0 saturated carbocycles. The number of hydrogen-bond donors (Lipinski definition) is 2. The Labute approximate surface area is 83.4 Å². The Hall–Kier alpha value is -1.54. The highest BCUT2D eigenvalue weighted by atomic mass is 14.7. The van der Waals surface area contributed by atoms with Gasteiger partial charge >= 0.3 is 0 Å². The topological polar surface area (TPSA) is 41.8 Å². The maximum absolute atomic E-state index is 5.52. The molecule has 0 atom stereocenters. The zero-order valence-electron chi connectivity index (χ0n) is 8.09. The maximum atomic E-state index is 5.52. The molecule has 0 radical (unpaired) electrons. The molecule has 2 aromatic rings. The molecule has 0 amide bonds. The van der Waals surface area contributed by atoms with Gasteiger partial charge in [0.15, 0.2) is 0 Å². The van der Waals surface area contributed by atoms with Gasteiger partial charge in [-0.25, -0.2) is 0 Å². The van der Waals surface area contributed by atoms with Gasteiger partial charge in [-0.1, -0.05) is 30.4 Å². The van der Waals surface area contributed by atoms with Crippen molar-refractivity contribution in [1.82, 2.24) is 4.98 Å².